The molecule has 2 heterocycles. The number of aliphatic hydroxyl groups is 1. The van der Waals surface area contributed by atoms with E-state index in [2.05, 4.69) is 22.4 Å². The normalized spacial score (nSPS) is 17.9. The topological polar surface area (TPSA) is 54.4 Å². The predicted molar refractivity (Wildman–Crippen MR) is 91.6 cm³/mol. The molecule has 4 heteroatoms. The van der Waals surface area contributed by atoms with E-state index >= 15 is 0 Å². The Bertz CT molecular complexity index is 624. The van der Waals surface area contributed by atoms with Crippen molar-refractivity contribution in [2.75, 3.05) is 19.8 Å². The molecule has 0 saturated carbocycles. The number of pyridine rings is 1. The zero-order valence-corrected chi connectivity index (χ0v) is 13.4. The van der Waals surface area contributed by atoms with Gasteiger partial charge in [-0.15, -0.1) is 0 Å². The highest BCUT2D eigenvalue weighted by Crippen LogP contribution is 2.24. The average Bonchev–Trinajstić information content (AvgIpc) is 2.62. The molecule has 0 radical (unpaired) electrons. The largest absolute Gasteiger partial charge is 0.490 e. The predicted octanol–water partition coefficient (Wildman–Crippen LogP) is 2.80. The van der Waals surface area contributed by atoms with E-state index in [0.29, 0.717) is 19.1 Å². The monoisotopic (exact) mass is 312 g/mol. The zero-order chi connectivity index (χ0) is 15.9. The van der Waals surface area contributed by atoms with Crippen LogP contribution in [0.1, 0.15) is 24.8 Å². The number of hydrogen-bond acceptors (Lipinski definition) is 4. The van der Waals surface area contributed by atoms with E-state index in [1.165, 1.54) is 19.3 Å². The van der Waals surface area contributed by atoms with Crippen molar-refractivity contribution in [3.8, 4) is 16.9 Å². The molecule has 0 unspecified atom stereocenters. The minimum absolute atomic E-state index is 0.166. The Morgan fingerprint density at radius 2 is 2.13 bits per heavy atom. The second-order valence-corrected chi connectivity index (χ2v) is 6.04. The summed E-state index contributed by atoms with van der Waals surface area (Å²) >= 11 is 0. The standard InChI is InChI=1S/C19H24N2O2/c22-9-7-15-4-3-5-16(10-15)17-11-19(13-20-12-17)23-14-18-6-1-2-8-21-18/h3-5,10-13,18,21-22H,1-2,6-9,14H2/t18-/m0/s1. The Hall–Kier alpha value is -1.91. The Kier molecular flexibility index (Phi) is 5.61. The molecule has 0 spiro atoms. The molecule has 1 aliphatic heterocycles. The van der Waals surface area contributed by atoms with Crippen LogP contribution in [0.15, 0.2) is 42.7 Å². The number of piperidine rings is 1. The van der Waals surface area contributed by atoms with Crippen molar-refractivity contribution in [2.24, 2.45) is 0 Å². The number of aromatic nitrogens is 1. The third kappa shape index (κ3) is 4.53. The van der Waals surface area contributed by atoms with Gasteiger partial charge in [0.1, 0.15) is 12.4 Å². The lowest BCUT2D eigenvalue weighted by molar-refractivity contribution is 0.238. The van der Waals surface area contributed by atoms with E-state index in [-0.39, 0.29) is 6.61 Å². The van der Waals surface area contributed by atoms with Crippen molar-refractivity contribution in [2.45, 2.75) is 31.7 Å². The van der Waals surface area contributed by atoms with Gasteiger partial charge in [-0.3, -0.25) is 4.98 Å². The van der Waals surface area contributed by atoms with Crippen molar-refractivity contribution < 1.29 is 9.84 Å². The fourth-order valence-electron chi connectivity index (χ4n) is 2.95. The highest BCUT2D eigenvalue weighted by Gasteiger charge is 2.13. The summed E-state index contributed by atoms with van der Waals surface area (Å²) in [5.74, 6) is 0.808. The highest BCUT2D eigenvalue weighted by atomic mass is 16.5. The van der Waals surface area contributed by atoms with E-state index in [1.807, 2.05) is 24.4 Å². The number of nitrogens with zero attached hydrogens (tertiary/aromatic N) is 1. The summed E-state index contributed by atoms with van der Waals surface area (Å²) in [4.78, 5) is 4.31. The summed E-state index contributed by atoms with van der Waals surface area (Å²) in [7, 11) is 0. The Morgan fingerprint density at radius 1 is 1.17 bits per heavy atom. The Balaban J connectivity index is 1.68. The van der Waals surface area contributed by atoms with Gasteiger partial charge in [0.25, 0.3) is 0 Å². The van der Waals surface area contributed by atoms with Gasteiger partial charge < -0.3 is 15.2 Å². The number of ether oxygens (including phenoxy) is 1. The SMILES string of the molecule is OCCc1cccc(-c2cncc(OC[C@@H]3CCCCN3)c2)c1. The van der Waals surface area contributed by atoms with E-state index in [4.69, 9.17) is 9.84 Å². The molecule has 1 aromatic carbocycles. The number of aliphatic hydroxyl groups excluding tert-OH is 1. The van der Waals surface area contributed by atoms with Crippen molar-refractivity contribution >= 4 is 0 Å². The molecule has 2 aromatic rings. The first-order valence-electron chi connectivity index (χ1n) is 8.36. The maximum atomic E-state index is 9.08. The van der Waals surface area contributed by atoms with Gasteiger partial charge in [0.15, 0.2) is 0 Å². The van der Waals surface area contributed by atoms with Crippen LogP contribution < -0.4 is 10.1 Å². The summed E-state index contributed by atoms with van der Waals surface area (Å²) in [6, 6.07) is 10.7. The zero-order valence-electron chi connectivity index (χ0n) is 13.4. The van der Waals surface area contributed by atoms with Crippen LogP contribution in [0.3, 0.4) is 0 Å². The van der Waals surface area contributed by atoms with Crippen molar-refractivity contribution in [3.63, 3.8) is 0 Å². The van der Waals surface area contributed by atoms with Crippen LogP contribution in [0, 0.1) is 0 Å². The third-order valence-corrected chi connectivity index (χ3v) is 4.24. The van der Waals surface area contributed by atoms with Crippen molar-refractivity contribution in [1.29, 1.82) is 0 Å². The van der Waals surface area contributed by atoms with E-state index < -0.39 is 0 Å². The smallest absolute Gasteiger partial charge is 0.138 e. The van der Waals surface area contributed by atoms with Gasteiger partial charge in [-0.05, 0) is 43.0 Å². The first-order valence-corrected chi connectivity index (χ1v) is 8.36. The second kappa shape index (κ2) is 8.09. The molecule has 0 amide bonds. The van der Waals surface area contributed by atoms with Crippen LogP contribution in [0.4, 0.5) is 0 Å². The van der Waals surface area contributed by atoms with Crippen LogP contribution in [0.25, 0.3) is 11.1 Å². The molecule has 23 heavy (non-hydrogen) atoms. The van der Waals surface area contributed by atoms with Gasteiger partial charge in [-0.2, -0.15) is 0 Å². The summed E-state index contributed by atoms with van der Waals surface area (Å²) in [5, 5.41) is 12.6. The van der Waals surface area contributed by atoms with Crippen molar-refractivity contribution in [3.05, 3.63) is 48.3 Å². The van der Waals surface area contributed by atoms with Crippen LogP contribution in [-0.2, 0) is 6.42 Å². The second-order valence-electron chi connectivity index (χ2n) is 6.04. The summed E-state index contributed by atoms with van der Waals surface area (Å²) in [6.45, 7) is 1.94. The number of rotatable bonds is 6. The summed E-state index contributed by atoms with van der Waals surface area (Å²) in [5.41, 5.74) is 3.27. The molecule has 3 rings (SSSR count). The van der Waals surface area contributed by atoms with Crippen LogP contribution in [-0.4, -0.2) is 35.9 Å². The lowest BCUT2D eigenvalue weighted by Gasteiger charge is -2.23. The first kappa shape index (κ1) is 16.0. The molecule has 4 nitrogen and oxygen atoms in total. The molecule has 2 N–H and O–H groups in total. The molecule has 122 valence electrons. The molecule has 1 saturated heterocycles. The lowest BCUT2D eigenvalue weighted by Crippen LogP contribution is -2.38. The van der Waals surface area contributed by atoms with Gasteiger partial charge >= 0.3 is 0 Å². The average molecular weight is 312 g/mol. The fraction of sp³-hybridized carbons (Fsp3) is 0.421. The van der Waals surface area contributed by atoms with Gasteiger partial charge in [0.2, 0.25) is 0 Å². The minimum atomic E-state index is 0.166. The lowest BCUT2D eigenvalue weighted by atomic mass is 10.0. The molecular formula is C19H24N2O2. The molecule has 1 atom stereocenters. The van der Waals surface area contributed by atoms with Crippen molar-refractivity contribution in [1.82, 2.24) is 10.3 Å². The van der Waals surface area contributed by atoms with Crippen LogP contribution >= 0.6 is 0 Å². The first-order chi connectivity index (χ1) is 11.3. The van der Waals surface area contributed by atoms with Crippen LogP contribution in [0.5, 0.6) is 5.75 Å². The number of benzene rings is 1. The quantitative estimate of drug-likeness (QED) is 0.861. The Morgan fingerprint density at radius 3 is 2.96 bits per heavy atom. The molecular weight excluding hydrogens is 288 g/mol. The highest BCUT2D eigenvalue weighted by molar-refractivity contribution is 5.64. The fourth-order valence-corrected chi connectivity index (χ4v) is 2.95. The summed E-state index contributed by atoms with van der Waals surface area (Å²) in [6.07, 6.45) is 8.00. The number of hydrogen-bond donors (Lipinski definition) is 2. The molecule has 1 fully saturated rings. The van der Waals surface area contributed by atoms with E-state index in [9.17, 15) is 0 Å². The van der Waals surface area contributed by atoms with Gasteiger partial charge in [0, 0.05) is 24.4 Å². The van der Waals surface area contributed by atoms with Gasteiger partial charge in [-0.1, -0.05) is 30.7 Å². The molecule has 1 aliphatic rings. The van der Waals surface area contributed by atoms with Gasteiger partial charge in [0.05, 0.1) is 6.20 Å². The Labute approximate surface area is 137 Å². The molecule has 1 aromatic heterocycles. The van der Waals surface area contributed by atoms with E-state index in [0.717, 1.165) is 29.0 Å². The maximum Gasteiger partial charge on any atom is 0.138 e. The summed E-state index contributed by atoms with van der Waals surface area (Å²) < 4.78 is 5.92. The van der Waals surface area contributed by atoms with Crippen LogP contribution in [0.2, 0.25) is 0 Å². The molecule has 0 aliphatic carbocycles. The van der Waals surface area contributed by atoms with Gasteiger partial charge in [-0.25, -0.2) is 0 Å². The maximum absolute atomic E-state index is 9.08. The third-order valence-electron chi connectivity index (χ3n) is 4.24. The minimum Gasteiger partial charge on any atom is -0.490 e. The molecule has 0 bridgehead atoms. The number of nitrogens with one attached hydrogen (secondary N) is 1. The van der Waals surface area contributed by atoms with E-state index in [1.54, 1.807) is 6.20 Å².